The summed E-state index contributed by atoms with van der Waals surface area (Å²) in [5, 5.41) is 3.41. The zero-order chi connectivity index (χ0) is 14.7. The second kappa shape index (κ2) is 5.97. The molecule has 0 unspecified atom stereocenters. The van der Waals surface area contributed by atoms with Gasteiger partial charge in [0.25, 0.3) is 0 Å². The number of rotatable bonds is 5. The number of ether oxygens (including phenoxy) is 1. The molecule has 0 amide bonds. The summed E-state index contributed by atoms with van der Waals surface area (Å²) in [5.74, 6) is 1.86. The van der Waals surface area contributed by atoms with E-state index < -0.39 is 0 Å². The SMILES string of the molecule is COc1ccc(C)cc1CNCc1nc2ccccc2[nH]1. The summed E-state index contributed by atoms with van der Waals surface area (Å²) in [4.78, 5) is 7.87. The standard InChI is InChI=1S/C17H19N3O/c1-12-7-8-16(21-2)13(9-12)10-18-11-17-19-14-5-3-4-6-15(14)20-17/h3-9,18H,10-11H2,1-2H3,(H,19,20). The smallest absolute Gasteiger partial charge is 0.123 e. The second-order valence-electron chi connectivity index (χ2n) is 5.12. The summed E-state index contributed by atoms with van der Waals surface area (Å²) < 4.78 is 5.39. The molecule has 0 aliphatic rings. The van der Waals surface area contributed by atoms with Gasteiger partial charge in [0.1, 0.15) is 11.6 Å². The predicted molar refractivity (Wildman–Crippen MR) is 84.4 cm³/mol. The third-order valence-corrected chi connectivity index (χ3v) is 3.48. The van der Waals surface area contributed by atoms with E-state index in [4.69, 9.17) is 4.74 Å². The summed E-state index contributed by atoms with van der Waals surface area (Å²) in [7, 11) is 1.70. The first-order chi connectivity index (χ1) is 10.3. The molecule has 0 atom stereocenters. The molecular weight excluding hydrogens is 262 g/mol. The highest BCUT2D eigenvalue weighted by molar-refractivity contribution is 5.74. The van der Waals surface area contributed by atoms with Crippen molar-refractivity contribution in [2.24, 2.45) is 0 Å². The number of aromatic amines is 1. The van der Waals surface area contributed by atoms with Gasteiger partial charge in [-0.05, 0) is 25.1 Å². The van der Waals surface area contributed by atoms with Crippen LogP contribution in [0.3, 0.4) is 0 Å². The van der Waals surface area contributed by atoms with Crippen molar-refractivity contribution in [1.82, 2.24) is 15.3 Å². The van der Waals surface area contributed by atoms with E-state index in [0.29, 0.717) is 6.54 Å². The van der Waals surface area contributed by atoms with Gasteiger partial charge in [0.2, 0.25) is 0 Å². The van der Waals surface area contributed by atoms with Crippen LogP contribution in [0.1, 0.15) is 17.0 Å². The molecule has 4 nitrogen and oxygen atoms in total. The highest BCUT2D eigenvalue weighted by atomic mass is 16.5. The third-order valence-electron chi connectivity index (χ3n) is 3.48. The maximum atomic E-state index is 5.39. The van der Waals surface area contributed by atoms with Crippen LogP contribution >= 0.6 is 0 Å². The molecule has 1 aromatic heterocycles. The van der Waals surface area contributed by atoms with Crippen molar-refractivity contribution in [1.29, 1.82) is 0 Å². The number of nitrogens with one attached hydrogen (secondary N) is 2. The number of aromatic nitrogens is 2. The van der Waals surface area contributed by atoms with Gasteiger partial charge < -0.3 is 15.0 Å². The molecule has 0 aliphatic heterocycles. The van der Waals surface area contributed by atoms with Gasteiger partial charge in [0.15, 0.2) is 0 Å². The van der Waals surface area contributed by atoms with E-state index in [1.807, 2.05) is 30.3 Å². The van der Waals surface area contributed by atoms with Crippen molar-refractivity contribution in [3.63, 3.8) is 0 Å². The van der Waals surface area contributed by atoms with Crippen LogP contribution in [-0.2, 0) is 13.1 Å². The number of hydrogen-bond donors (Lipinski definition) is 2. The van der Waals surface area contributed by atoms with Crippen molar-refractivity contribution in [3.05, 3.63) is 59.4 Å². The number of methoxy groups -OCH3 is 1. The molecule has 0 fully saturated rings. The van der Waals surface area contributed by atoms with Gasteiger partial charge in [0, 0.05) is 12.1 Å². The number of benzene rings is 2. The normalized spacial score (nSPS) is 11.0. The largest absolute Gasteiger partial charge is 0.496 e. The Balaban J connectivity index is 1.67. The van der Waals surface area contributed by atoms with Gasteiger partial charge in [-0.15, -0.1) is 0 Å². The fourth-order valence-corrected chi connectivity index (χ4v) is 2.45. The molecule has 0 saturated carbocycles. The van der Waals surface area contributed by atoms with Crippen molar-refractivity contribution in [2.75, 3.05) is 7.11 Å². The van der Waals surface area contributed by atoms with Crippen LogP contribution in [0.4, 0.5) is 0 Å². The van der Waals surface area contributed by atoms with Crippen LogP contribution in [0.2, 0.25) is 0 Å². The minimum atomic E-state index is 0.700. The quantitative estimate of drug-likeness (QED) is 0.755. The maximum absolute atomic E-state index is 5.39. The lowest BCUT2D eigenvalue weighted by Crippen LogP contribution is -2.14. The fourth-order valence-electron chi connectivity index (χ4n) is 2.45. The molecule has 4 heteroatoms. The Morgan fingerprint density at radius 2 is 2.00 bits per heavy atom. The number of aryl methyl sites for hydroxylation is 1. The Labute approximate surface area is 124 Å². The Morgan fingerprint density at radius 1 is 1.14 bits per heavy atom. The van der Waals surface area contributed by atoms with Crippen LogP contribution < -0.4 is 10.1 Å². The lowest BCUT2D eigenvalue weighted by Gasteiger charge is -2.10. The first-order valence-electron chi connectivity index (χ1n) is 7.04. The molecule has 2 N–H and O–H groups in total. The molecule has 0 radical (unpaired) electrons. The van der Waals surface area contributed by atoms with Gasteiger partial charge in [0.05, 0.1) is 24.7 Å². The Kier molecular flexibility index (Phi) is 3.88. The zero-order valence-corrected chi connectivity index (χ0v) is 12.3. The third kappa shape index (κ3) is 3.06. The van der Waals surface area contributed by atoms with Crippen LogP contribution in [0.25, 0.3) is 11.0 Å². The van der Waals surface area contributed by atoms with E-state index in [2.05, 4.69) is 34.3 Å². The van der Waals surface area contributed by atoms with Crippen molar-refractivity contribution in [2.45, 2.75) is 20.0 Å². The minimum Gasteiger partial charge on any atom is -0.496 e. The van der Waals surface area contributed by atoms with E-state index in [0.717, 1.165) is 34.7 Å². The molecular formula is C17H19N3O. The van der Waals surface area contributed by atoms with Gasteiger partial charge in [-0.3, -0.25) is 0 Å². The average molecular weight is 281 g/mol. The van der Waals surface area contributed by atoms with Gasteiger partial charge in [-0.2, -0.15) is 0 Å². The molecule has 3 aromatic rings. The Morgan fingerprint density at radius 3 is 2.81 bits per heavy atom. The predicted octanol–water partition coefficient (Wildman–Crippen LogP) is 3.17. The summed E-state index contributed by atoms with van der Waals surface area (Å²) in [5.41, 5.74) is 4.47. The minimum absolute atomic E-state index is 0.700. The first kappa shape index (κ1) is 13.6. The van der Waals surface area contributed by atoms with Crippen LogP contribution in [0.15, 0.2) is 42.5 Å². The second-order valence-corrected chi connectivity index (χ2v) is 5.12. The molecule has 108 valence electrons. The molecule has 21 heavy (non-hydrogen) atoms. The molecule has 0 aliphatic carbocycles. The molecule has 0 bridgehead atoms. The van der Waals surface area contributed by atoms with E-state index in [9.17, 15) is 0 Å². The van der Waals surface area contributed by atoms with E-state index in [1.165, 1.54) is 5.56 Å². The number of fused-ring (bicyclic) bond motifs is 1. The highest BCUT2D eigenvalue weighted by Crippen LogP contribution is 2.19. The zero-order valence-electron chi connectivity index (χ0n) is 12.3. The van der Waals surface area contributed by atoms with E-state index in [1.54, 1.807) is 7.11 Å². The monoisotopic (exact) mass is 281 g/mol. The summed E-state index contributed by atoms with van der Waals surface area (Å²) in [6.45, 7) is 3.54. The molecule has 0 spiro atoms. The first-order valence-corrected chi connectivity index (χ1v) is 7.04. The van der Waals surface area contributed by atoms with Gasteiger partial charge >= 0.3 is 0 Å². The molecule has 1 heterocycles. The van der Waals surface area contributed by atoms with Crippen LogP contribution in [-0.4, -0.2) is 17.1 Å². The van der Waals surface area contributed by atoms with Crippen molar-refractivity contribution < 1.29 is 4.74 Å². The van der Waals surface area contributed by atoms with Gasteiger partial charge in [-0.1, -0.05) is 29.8 Å². The fraction of sp³-hybridized carbons (Fsp3) is 0.235. The number of nitrogens with zero attached hydrogens (tertiary/aromatic N) is 1. The van der Waals surface area contributed by atoms with Crippen LogP contribution in [0.5, 0.6) is 5.75 Å². The van der Waals surface area contributed by atoms with Gasteiger partial charge in [-0.25, -0.2) is 4.98 Å². The van der Waals surface area contributed by atoms with Crippen molar-refractivity contribution in [3.8, 4) is 5.75 Å². The highest BCUT2D eigenvalue weighted by Gasteiger charge is 2.05. The molecule has 2 aromatic carbocycles. The molecule has 3 rings (SSSR count). The average Bonchev–Trinajstić information content (AvgIpc) is 2.90. The van der Waals surface area contributed by atoms with E-state index in [-0.39, 0.29) is 0 Å². The number of H-pyrrole nitrogens is 1. The van der Waals surface area contributed by atoms with Crippen LogP contribution in [0, 0.1) is 6.92 Å². The number of para-hydroxylation sites is 2. The van der Waals surface area contributed by atoms with E-state index >= 15 is 0 Å². The number of hydrogen-bond acceptors (Lipinski definition) is 3. The summed E-state index contributed by atoms with van der Waals surface area (Å²) >= 11 is 0. The topological polar surface area (TPSA) is 49.9 Å². The van der Waals surface area contributed by atoms with Crippen molar-refractivity contribution >= 4 is 11.0 Å². The lowest BCUT2D eigenvalue weighted by molar-refractivity contribution is 0.407. The summed E-state index contributed by atoms with van der Waals surface area (Å²) in [6.07, 6.45) is 0. The maximum Gasteiger partial charge on any atom is 0.123 e. The molecule has 0 saturated heterocycles. The number of imidazole rings is 1. The Hall–Kier alpha value is -2.33. The summed E-state index contributed by atoms with van der Waals surface area (Å²) in [6, 6.07) is 14.3. The Bertz CT molecular complexity index is 716. The lowest BCUT2D eigenvalue weighted by atomic mass is 10.1.